The number of fused-ring (bicyclic) bond motifs is 1. The van der Waals surface area contributed by atoms with E-state index in [0.717, 1.165) is 16.0 Å². The van der Waals surface area contributed by atoms with Crippen LogP contribution >= 0.6 is 11.3 Å². The van der Waals surface area contributed by atoms with Crippen LogP contribution in [-0.4, -0.2) is 36.8 Å². The van der Waals surface area contributed by atoms with Crippen molar-refractivity contribution < 1.29 is 4.74 Å². The first kappa shape index (κ1) is 12.1. The predicted octanol–water partition coefficient (Wildman–Crippen LogP) is 1.74. The molecule has 17 heavy (non-hydrogen) atoms. The number of rotatable bonds is 4. The minimum absolute atomic E-state index is 0.234. The maximum Gasteiger partial charge on any atom is 0.223 e. The molecule has 0 aliphatic carbocycles. The zero-order valence-electron chi connectivity index (χ0n) is 10.2. The van der Waals surface area contributed by atoms with Crippen molar-refractivity contribution in [1.82, 2.24) is 9.97 Å². The Hall–Kier alpha value is -1.40. The molecule has 2 heterocycles. The fourth-order valence-electron chi connectivity index (χ4n) is 1.69. The number of anilines is 2. The zero-order chi connectivity index (χ0) is 12.4. The predicted molar refractivity (Wildman–Crippen MR) is 71.6 cm³/mol. The Balaban J connectivity index is 2.43. The molecule has 0 saturated heterocycles. The van der Waals surface area contributed by atoms with E-state index in [0.29, 0.717) is 12.6 Å². The molecule has 0 spiro atoms. The number of methoxy groups -OCH3 is 1. The van der Waals surface area contributed by atoms with Crippen LogP contribution in [0.1, 0.15) is 6.92 Å². The standard InChI is InChI=1S/C11H16N4OS/c1-7(6-16-3)15(2)9-8-4-5-17-10(8)14-11(12)13-9/h4-5,7H,6H2,1-3H3,(H2,12,13,14). The summed E-state index contributed by atoms with van der Waals surface area (Å²) in [6.45, 7) is 2.73. The lowest BCUT2D eigenvalue weighted by atomic mass is 10.3. The maximum atomic E-state index is 5.72. The molecule has 1 atom stereocenters. The van der Waals surface area contributed by atoms with E-state index in [-0.39, 0.29) is 6.04 Å². The third kappa shape index (κ3) is 2.32. The first-order valence-corrected chi connectivity index (χ1v) is 6.24. The van der Waals surface area contributed by atoms with E-state index in [1.807, 2.05) is 18.5 Å². The fraction of sp³-hybridized carbons (Fsp3) is 0.455. The number of thiophene rings is 1. The molecule has 2 N–H and O–H groups in total. The largest absolute Gasteiger partial charge is 0.383 e. The molecule has 2 aromatic rings. The molecule has 2 rings (SSSR count). The Morgan fingerprint density at radius 2 is 2.29 bits per heavy atom. The lowest BCUT2D eigenvalue weighted by Crippen LogP contribution is -2.33. The van der Waals surface area contributed by atoms with Crippen molar-refractivity contribution in [3.8, 4) is 0 Å². The lowest BCUT2D eigenvalue weighted by molar-refractivity contribution is 0.183. The van der Waals surface area contributed by atoms with Gasteiger partial charge in [0.25, 0.3) is 0 Å². The molecule has 0 amide bonds. The molecule has 2 aromatic heterocycles. The van der Waals surface area contributed by atoms with Crippen LogP contribution < -0.4 is 10.6 Å². The van der Waals surface area contributed by atoms with Gasteiger partial charge < -0.3 is 15.4 Å². The molecule has 6 heteroatoms. The van der Waals surface area contributed by atoms with Crippen LogP contribution in [0.3, 0.4) is 0 Å². The summed E-state index contributed by atoms with van der Waals surface area (Å²) in [6, 6.07) is 2.25. The second-order valence-electron chi connectivity index (χ2n) is 3.96. The molecular formula is C11H16N4OS. The van der Waals surface area contributed by atoms with E-state index in [1.54, 1.807) is 18.4 Å². The number of nitrogens with two attached hydrogens (primary N) is 1. The van der Waals surface area contributed by atoms with Crippen LogP contribution in [-0.2, 0) is 4.74 Å². The molecular weight excluding hydrogens is 236 g/mol. The Morgan fingerprint density at radius 1 is 1.53 bits per heavy atom. The number of nitrogens with zero attached hydrogens (tertiary/aromatic N) is 3. The summed E-state index contributed by atoms with van der Waals surface area (Å²) < 4.78 is 5.16. The number of ether oxygens (including phenoxy) is 1. The second-order valence-corrected chi connectivity index (χ2v) is 4.85. The summed E-state index contributed by atoms with van der Waals surface area (Å²) >= 11 is 1.57. The highest BCUT2D eigenvalue weighted by Gasteiger charge is 2.16. The second kappa shape index (κ2) is 4.85. The first-order chi connectivity index (χ1) is 8.13. The number of likely N-dealkylation sites (N-methyl/N-ethyl adjacent to an activating group) is 1. The SMILES string of the molecule is COCC(C)N(C)c1nc(N)nc2sccc12. The van der Waals surface area contributed by atoms with Gasteiger partial charge in [-0.15, -0.1) is 11.3 Å². The molecule has 0 radical (unpaired) electrons. The third-order valence-electron chi connectivity index (χ3n) is 2.73. The van der Waals surface area contributed by atoms with Crippen LogP contribution in [0.25, 0.3) is 10.2 Å². The fourth-order valence-corrected chi connectivity index (χ4v) is 2.45. The van der Waals surface area contributed by atoms with Crippen molar-refractivity contribution in [3.05, 3.63) is 11.4 Å². The topological polar surface area (TPSA) is 64.3 Å². The minimum Gasteiger partial charge on any atom is -0.383 e. The van der Waals surface area contributed by atoms with E-state index in [1.165, 1.54) is 0 Å². The average molecular weight is 252 g/mol. The molecule has 5 nitrogen and oxygen atoms in total. The summed E-state index contributed by atoms with van der Waals surface area (Å²) in [6.07, 6.45) is 0. The van der Waals surface area contributed by atoms with E-state index in [2.05, 4.69) is 21.8 Å². The van der Waals surface area contributed by atoms with Gasteiger partial charge in [0.2, 0.25) is 5.95 Å². The van der Waals surface area contributed by atoms with E-state index in [4.69, 9.17) is 10.5 Å². The number of nitrogen functional groups attached to an aromatic ring is 1. The van der Waals surface area contributed by atoms with Gasteiger partial charge in [-0.1, -0.05) is 0 Å². The Labute approximate surface area is 104 Å². The highest BCUT2D eigenvalue weighted by atomic mass is 32.1. The van der Waals surface area contributed by atoms with Gasteiger partial charge in [-0.2, -0.15) is 4.98 Å². The number of aromatic nitrogens is 2. The molecule has 1 unspecified atom stereocenters. The van der Waals surface area contributed by atoms with Crippen LogP contribution in [0.15, 0.2) is 11.4 Å². The van der Waals surface area contributed by atoms with Gasteiger partial charge in [-0.3, -0.25) is 0 Å². The molecule has 0 aliphatic heterocycles. The quantitative estimate of drug-likeness (QED) is 0.898. The van der Waals surface area contributed by atoms with Gasteiger partial charge in [0, 0.05) is 14.2 Å². The van der Waals surface area contributed by atoms with Gasteiger partial charge in [-0.25, -0.2) is 4.98 Å². The van der Waals surface area contributed by atoms with Crippen molar-refractivity contribution >= 4 is 33.3 Å². The van der Waals surface area contributed by atoms with Gasteiger partial charge in [0.15, 0.2) is 0 Å². The van der Waals surface area contributed by atoms with Crippen LogP contribution in [0.4, 0.5) is 11.8 Å². The monoisotopic (exact) mass is 252 g/mol. The van der Waals surface area contributed by atoms with Crippen LogP contribution in [0.5, 0.6) is 0 Å². The summed E-state index contributed by atoms with van der Waals surface area (Å²) in [4.78, 5) is 11.5. The van der Waals surface area contributed by atoms with Gasteiger partial charge in [0.1, 0.15) is 10.6 Å². The molecule has 0 aromatic carbocycles. The van der Waals surface area contributed by atoms with E-state index < -0.39 is 0 Å². The van der Waals surface area contributed by atoms with E-state index in [9.17, 15) is 0 Å². The first-order valence-electron chi connectivity index (χ1n) is 5.36. The van der Waals surface area contributed by atoms with Crippen molar-refractivity contribution in [3.63, 3.8) is 0 Å². The highest BCUT2D eigenvalue weighted by molar-refractivity contribution is 7.16. The summed E-state index contributed by atoms with van der Waals surface area (Å²) in [5, 5.41) is 3.03. The van der Waals surface area contributed by atoms with Crippen molar-refractivity contribution in [2.24, 2.45) is 0 Å². The van der Waals surface area contributed by atoms with E-state index >= 15 is 0 Å². The molecule has 0 bridgehead atoms. The van der Waals surface area contributed by atoms with Crippen LogP contribution in [0.2, 0.25) is 0 Å². The zero-order valence-corrected chi connectivity index (χ0v) is 11.0. The molecule has 0 saturated carbocycles. The summed E-state index contributed by atoms with van der Waals surface area (Å²) in [7, 11) is 3.68. The lowest BCUT2D eigenvalue weighted by Gasteiger charge is -2.25. The Morgan fingerprint density at radius 3 is 3.00 bits per heavy atom. The third-order valence-corrected chi connectivity index (χ3v) is 3.53. The average Bonchev–Trinajstić information content (AvgIpc) is 2.75. The highest BCUT2D eigenvalue weighted by Crippen LogP contribution is 2.28. The number of hydrogen-bond acceptors (Lipinski definition) is 6. The summed E-state index contributed by atoms with van der Waals surface area (Å²) in [5.41, 5.74) is 5.72. The van der Waals surface area contributed by atoms with Gasteiger partial charge in [-0.05, 0) is 18.4 Å². The van der Waals surface area contributed by atoms with Crippen molar-refractivity contribution in [2.75, 3.05) is 31.4 Å². The minimum atomic E-state index is 0.234. The van der Waals surface area contributed by atoms with Gasteiger partial charge in [0.05, 0.1) is 18.0 Å². The van der Waals surface area contributed by atoms with Crippen molar-refractivity contribution in [1.29, 1.82) is 0 Å². The molecule has 0 fully saturated rings. The maximum absolute atomic E-state index is 5.72. The Bertz CT molecular complexity index is 513. The van der Waals surface area contributed by atoms with Crippen molar-refractivity contribution in [2.45, 2.75) is 13.0 Å². The Kier molecular flexibility index (Phi) is 3.44. The number of hydrogen-bond donors (Lipinski definition) is 1. The normalized spacial score (nSPS) is 12.9. The smallest absolute Gasteiger partial charge is 0.223 e. The van der Waals surface area contributed by atoms with Gasteiger partial charge >= 0.3 is 0 Å². The molecule has 0 aliphatic rings. The summed E-state index contributed by atoms with van der Waals surface area (Å²) in [5.74, 6) is 1.17. The van der Waals surface area contributed by atoms with Crippen LogP contribution in [0, 0.1) is 0 Å². The molecule has 92 valence electrons.